The maximum Gasteiger partial charge on any atom is 0.244 e. The molecule has 0 saturated carbocycles. The Morgan fingerprint density at radius 3 is 2.46 bits per heavy atom. The van der Waals surface area contributed by atoms with Crippen LogP contribution in [0.2, 0.25) is 0 Å². The van der Waals surface area contributed by atoms with Gasteiger partial charge in [-0.15, -0.1) is 0 Å². The maximum atomic E-state index is 12.4. The lowest BCUT2D eigenvalue weighted by Gasteiger charge is -2.23. The first-order valence-corrected chi connectivity index (χ1v) is 9.07. The van der Waals surface area contributed by atoms with Gasteiger partial charge in [0, 0.05) is 25.7 Å². The number of aromatic amines is 1. The van der Waals surface area contributed by atoms with E-state index in [-0.39, 0.29) is 23.9 Å². The molecule has 24 heavy (non-hydrogen) atoms. The Labute approximate surface area is 142 Å². The van der Waals surface area contributed by atoms with E-state index in [0.29, 0.717) is 11.4 Å². The molecule has 1 amide bonds. The molecule has 8 heteroatoms. The van der Waals surface area contributed by atoms with Crippen molar-refractivity contribution in [2.45, 2.75) is 32.6 Å². The minimum absolute atomic E-state index is 0.111. The van der Waals surface area contributed by atoms with E-state index in [0.717, 1.165) is 11.3 Å². The second-order valence-electron chi connectivity index (χ2n) is 5.62. The van der Waals surface area contributed by atoms with Gasteiger partial charge in [-0.3, -0.25) is 9.89 Å². The Morgan fingerprint density at radius 2 is 1.92 bits per heavy atom. The van der Waals surface area contributed by atoms with Crippen molar-refractivity contribution in [3.63, 3.8) is 0 Å². The number of benzene rings is 1. The zero-order valence-electron chi connectivity index (χ0n) is 14.3. The third kappa shape index (κ3) is 3.82. The zero-order valence-corrected chi connectivity index (χ0v) is 15.1. The van der Waals surface area contributed by atoms with Crippen molar-refractivity contribution in [1.29, 1.82) is 0 Å². The van der Waals surface area contributed by atoms with Gasteiger partial charge >= 0.3 is 0 Å². The second-order valence-corrected chi connectivity index (χ2v) is 7.32. The molecular formula is C16H22N4O3S. The van der Waals surface area contributed by atoms with Crippen LogP contribution < -0.4 is 9.62 Å². The van der Waals surface area contributed by atoms with Crippen LogP contribution in [0.1, 0.15) is 23.9 Å². The number of nitrogens with zero attached hydrogens (tertiary/aromatic N) is 2. The van der Waals surface area contributed by atoms with E-state index >= 15 is 0 Å². The predicted octanol–water partition coefficient (Wildman–Crippen LogP) is 1.67. The first-order valence-electron chi connectivity index (χ1n) is 7.59. The maximum absolute atomic E-state index is 12.4. The summed E-state index contributed by atoms with van der Waals surface area (Å²) in [5.74, 6) is -0.140. The summed E-state index contributed by atoms with van der Waals surface area (Å²) in [4.78, 5) is 13.6. The third-order valence-corrected chi connectivity index (χ3v) is 5.47. The lowest BCUT2D eigenvalue weighted by atomic mass is 10.2. The van der Waals surface area contributed by atoms with Gasteiger partial charge < -0.3 is 4.90 Å². The van der Waals surface area contributed by atoms with Crippen molar-refractivity contribution in [2.75, 3.05) is 18.0 Å². The number of aromatic nitrogens is 2. The fraction of sp³-hybridized carbons (Fsp3) is 0.375. The largest absolute Gasteiger partial charge is 0.311 e. The Kier molecular flexibility index (Phi) is 5.40. The molecule has 0 aliphatic carbocycles. The average molecular weight is 350 g/mol. The number of sulfonamides is 1. The molecule has 0 aliphatic rings. The number of hydrogen-bond acceptors (Lipinski definition) is 4. The van der Waals surface area contributed by atoms with Crippen LogP contribution in [-0.4, -0.2) is 37.6 Å². The molecule has 0 bridgehead atoms. The molecule has 7 nitrogen and oxygen atoms in total. The molecule has 1 aromatic heterocycles. The molecule has 2 N–H and O–H groups in total. The molecule has 0 saturated heterocycles. The number of amides is 1. The number of aryl methyl sites for hydroxylation is 3. The Hall–Kier alpha value is -2.19. The number of carbonyl (C=O) groups is 1. The van der Waals surface area contributed by atoms with Crippen LogP contribution in [0, 0.1) is 20.8 Å². The van der Waals surface area contributed by atoms with Crippen molar-refractivity contribution in [2.24, 2.45) is 0 Å². The smallest absolute Gasteiger partial charge is 0.244 e. The van der Waals surface area contributed by atoms with Crippen molar-refractivity contribution in [3.05, 3.63) is 41.2 Å². The highest BCUT2D eigenvalue weighted by atomic mass is 32.2. The SMILES string of the molecule is CC(=O)N(CCNS(=O)(=O)c1c(C)n[nH]c1C)c1ccccc1C. The minimum atomic E-state index is -3.67. The second kappa shape index (κ2) is 7.14. The van der Waals surface area contributed by atoms with Gasteiger partial charge in [0.05, 0.1) is 11.4 Å². The van der Waals surface area contributed by atoms with Crippen molar-refractivity contribution < 1.29 is 13.2 Å². The van der Waals surface area contributed by atoms with Crippen LogP contribution in [0.15, 0.2) is 29.2 Å². The molecule has 2 rings (SSSR count). The minimum Gasteiger partial charge on any atom is -0.311 e. The van der Waals surface area contributed by atoms with E-state index < -0.39 is 10.0 Å². The van der Waals surface area contributed by atoms with Gasteiger partial charge in [0.1, 0.15) is 4.90 Å². The van der Waals surface area contributed by atoms with Crippen LogP contribution in [0.4, 0.5) is 5.69 Å². The van der Waals surface area contributed by atoms with Crippen molar-refractivity contribution in [1.82, 2.24) is 14.9 Å². The molecule has 1 heterocycles. The van der Waals surface area contributed by atoms with Gasteiger partial charge in [-0.2, -0.15) is 5.10 Å². The molecule has 0 aliphatic heterocycles. The molecule has 0 unspecified atom stereocenters. The van der Waals surface area contributed by atoms with E-state index in [1.54, 1.807) is 18.7 Å². The van der Waals surface area contributed by atoms with E-state index in [1.807, 2.05) is 31.2 Å². The quantitative estimate of drug-likeness (QED) is 0.828. The number of carbonyl (C=O) groups excluding carboxylic acids is 1. The molecule has 0 atom stereocenters. The van der Waals surface area contributed by atoms with Gasteiger partial charge in [0.15, 0.2) is 0 Å². The monoisotopic (exact) mass is 350 g/mol. The van der Waals surface area contributed by atoms with Crippen LogP contribution >= 0.6 is 0 Å². The van der Waals surface area contributed by atoms with E-state index in [2.05, 4.69) is 14.9 Å². The molecule has 0 fully saturated rings. The van der Waals surface area contributed by atoms with Gasteiger partial charge in [0.25, 0.3) is 0 Å². The van der Waals surface area contributed by atoms with Gasteiger partial charge in [0.2, 0.25) is 15.9 Å². The van der Waals surface area contributed by atoms with Crippen LogP contribution in [0.3, 0.4) is 0 Å². The fourth-order valence-electron chi connectivity index (χ4n) is 2.61. The molecule has 0 spiro atoms. The number of anilines is 1. The van der Waals surface area contributed by atoms with Gasteiger partial charge in [-0.1, -0.05) is 18.2 Å². The summed E-state index contributed by atoms with van der Waals surface area (Å²) >= 11 is 0. The molecule has 0 radical (unpaired) electrons. The number of hydrogen-bond donors (Lipinski definition) is 2. The van der Waals surface area contributed by atoms with Crippen molar-refractivity contribution in [3.8, 4) is 0 Å². The van der Waals surface area contributed by atoms with E-state index in [1.165, 1.54) is 6.92 Å². The summed E-state index contributed by atoms with van der Waals surface area (Å²) in [6, 6.07) is 7.49. The summed E-state index contributed by atoms with van der Waals surface area (Å²) in [6.45, 7) is 7.02. The van der Waals surface area contributed by atoms with E-state index in [4.69, 9.17) is 0 Å². The molecule has 1 aromatic carbocycles. The Bertz CT molecular complexity index is 823. The lowest BCUT2D eigenvalue weighted by Crippen LogP contribution is -2.38. The van der Waals surface area contributed by atoms with E-state index in [9.17, 15) is 13.2 Å². The summed E-state index contributed by atoms with van der Waals surface area (Å²) < 4.78 is 27.4. The summed E-state index contributed by atoms with van der Waals surface area (Å²) in [5.41, 5.74) is 2.64. The Balaban J connectivity index is 2.12. The standard InChI is InChI=1S/C16H22N4O3S/c1-11-7-5-6-8-15(11)20(14(4)21)10-9-17-24(22,23)16-12(2)18-19-13(16)3/h5-8,17H,9-10H2,1-4H3,(H,18,19). The predicted molar refractivity (Wildman–Crippen MR) is 92.5 cm³/mol. The topological polar surface area (TPSA) is 95.2 Å². The number of rotatable bonds is 6. The zero-order chi connectivity index (χ0) is 17.9. The fourth-order valence-corrected chi connectivity index (χ4v) is 4.00. The van der Waals surface area contributed by atoms with Crippen LogP contribution in [0.25, 0.3) is 0 Å². The molecular weight excluding hydrogens is 328 g/mol. The highest BCUT2D eigenvalue weighted by Gasteiger charge is 2.22. The van der Waals surface area contributed by atoms with Gasteiger partial charge in [-0.05, 0) is 32.4 Å². The summed E-state index contributed by atoms with van der Waals surface area (Å²) in [7, 11) is -3.67. The molecule has 2 aromatic rings. The van der Waals surface area contributed by atoms with Crippen LogP contribution in [-0.2, 0) is 14.8 Å². The Morgan fingerprint density at radius 1 is 1.25 bits per heavy atom. The normalized spacial score (nSPS) is 11.5. The summed E-state index contributed by atoms with van der Waals surface area (Å²) in [6.07, 6.45) is 0. The lowest BCUT2D eigenvalue weighted by molar-refractivity contribution is -0.116. The van der Waals surface area contributed by atoms with Crippen LogP contribution in [0.5, 0.6) is 0 Å². The average Bonchev–Trinajstić information content (AvgIpc) is 2.84. The van der Waals surface area contributed by atoms with Crippen molar-refractivity contribution >= 4 is 21.6 Å². The first kappa shape index (κ1) is 18.2. The first-order chi connectivity index (χ1) is 11.2. The summed E-state index contributed by atoms with van der Waals surface area (Å²) in [5, 5.41) is 6.56. The number of para-hydroxylation sites is 1. The van der Waals surface area contributed by atoms with Gasteiger partial charge in [-0.25, -0.2) is 13.1 Å². The number of H-pyrrole nitrogens is 1. The number of nitrogens with one attached hydrogen (secondary N) is 2. The molecule has 130 valence electrons. The highest BCUT2D eigenvalue weighted by Crippen LogP contribution is 2.20. The highest BCUT2D eigenvalue weighted by molar-refractivity contribution is 7.89. The third-order valence-electron chi connectivity index (χ3n) is 3.74.